The maximum Gasteiger partial charge on any atom is -0.0260 e. The fourth-order valence-corrected chi connectivity index (χ4v) is 2.13. The van der Waals surface area contributed by atoms with Gasteiger partial charge in [-0.15, -0.1) is 0 Å². The molecule has 1 aromatic carbocycles. The van der Waals surface area contributed by atoms with Gasteiger partial charge in [-0.2, -0.15) is 0 Å². The highest BCUT2D eigenvalue weighted by atomic mass is 14.1. The SMILES string of the molecule is C(=Cc1ccccc1)CCCCCCC=C1CC1. The summed E-state index contributed by atoms with van der Waals surface area (Å²) in [5.41, 5.74) is 3.01. The van der Waals surface area contributed by atoms with Crippen molar-refractivity contribution < 1.29 is 0 Å². The topological polar surface area (TPSA) is 0 Å². The van der Waals surface area contributed by atoms with Gasteiger partial charge in [0.1, 0.15) is 0 Å². The van der Waals surface area contributed by atoms with Gasteiger partial charge in [0.2, 0.25) is 0 Å². The molecule has 1 aromatic rings. The fraction of sp³-hybridized carbons (Fsp3) is 0.444. The lowest BCUT2D eigenvalue weighted by Crippen LogP contribution is -1.77. The molecule has 0 unspecified atom stereocenters. The van der Waals surface area contributed by atoms with Crippen LogP contribution in [0.1, 0.15) is 56.9 Å². The van der Waals surface area contributed by atoms with E-state index in [0.717, 1.165) is 0 Å². The van der Waals surface area contributed by atoms with E-state index < -0.39 is 0 Å². The van der Waals surface area contributed by atoms with E-state index in [9.17, 15) is 0 Å². The summed E-state index contributed by atoms with van der Waals surface area (Å²) < 4.78 is 0. The lowest BCUT2D eigenvalue weighted by atomic mass is 10.1. The first kappa shape index (κ1) is 13.1. The van der Waals surface area contributed by atoms with Crippen molar-refractivity contribution in [2.75, 3.05) is 0 Å². The normalized spacial score (nSPS) is 14.1. The van der Waals surface area contributed by atoms with E-state index in [1.54, 1.807) is 5.57 Å². The van der Waals surface area contributed by atoms with Crippen molar-refractivity contribution in [3.05, 3.63) is 53.6 Å². The minimum atomic E-state index is 1.22. The first-order chi connectivity index (χ1) is 8.95. The predicted octanol–water partition coefficient (Wildman–Crippen LogP) is 5.76. The summed E-state index contributed by atoms with van der Waals surface area (Å²) in [5.74, 6) is 0. The first-order valence-electron chi connectivity index (χ1n) is 7.34. The van der Waals surface area contributed by atoms with E-state index in [4.69, 9.17) is 0 Å². The third kappa shape index (κ3) is 5.86. The van der Waals surface area contributed by atoms with Crippen molar-refractivity contribution in [1.29, 1.82) is 0 Å². The molecule has 1 aliphatic rings. The molecule has 0 saturated heterocycles. The highest BCUT2D eigenvalue weighted by Gasteiger charge is 2.08. The van der Waals surface area contributed by atoms with Gasteiger partial charge in [-0.25, -0.2) is 0 Å². The number of unbranched alkanes of at least 4 members (excludes halogenated alkanes) is 5. The molecule has 0 amide bonds. The average Bonchev–Trinajstić information content (AvgIpc) is 3.22. The number of hydrogen-bond donors (Lipinski definition) is 0. The van der Waals surface area contributed by atoms with Crippen LogP contribution >= 0.6 is 0 Å². The van der Waals surface area contributed by atoms with Crippen LogP contribution < -0.4 is 0 Å². The molecule has 0 heterocycles. The van der Waals surface area contributed by atoms with Gasteiger partial charge in [0.05, 0.1) is 0 Å². The monoisotopic (exact) mass is 240 g/mol. The molecule has 1 saturated carbocycles. The van der Waals surface area contributed by atoms with Crippen LogP contribution in [0.25, 0.3) is 6.08 Å². The zero-order chi connectivity index (χ0) is 12.5. The summed E-state index contributed by atoms with van der Waals surface area (Å²) in [4.78, 5) is 0. The molecular formula is C18H24. The second-order valence-electron chi connectivity index (χ2n) is 5.17. The maximum atomic E-state index is 2.45. The lowest BCUT2D eigenvalue weighted by Gasteiger charge is -1.97. The Labute approximate surface area is 111 Å². The molecule has 0 aliphatic heterocycles. The van der Waals surface area contributed by atoms with E-state index in [1.807, 2.05) is 0 Å². The predicted molar refractivity (Wildman–Crippen MR) is 80.5 cm³/mol. The summed E-state index contributed by atoms with van der Waals surface area (Å²) >= 11 is 0. The molecule has 0 spiro atoms. The molecule has 0 heteroatoms. The van der Waals surface area contributed by atoms with Crippen LogP contribution in [0.3, 0.4) is 0 Å². The van der Waals surface area contributed by atoms with E-state index >= 15 is 0 Å². The molecule has 18 heavy (non-hydrogen) atoms. The molecule has 0 bridgehead atoms. The van der Waals surface area contributed by atoms with Gasteiger partial charge in [-0.3, -0.25) is 0 Å². The second-order valence-corrected chi connectivity index (χ2v) is 5.17. The van der Waals surface area contributed by atoms with Crippen molar-refractivity contribution in [3.8, 4) is 0 Å². The molecule has 0 nitrogen and oxygen atoms in total. The van der Waals surface area contributed by atoms with Gasteiger partial charge < -0.3 is 0 Å². The smallest absolute Gasteiger partial charge is 0.0260 e. The van der Waals surface area contributed by atoms with Crippen molar-refractivity contribution in [2.24, 2.45) is 0 Å². The van der Waals surface area contributed by atoms with Crippen LogP contribution in [0, 0.1) is 0 Å². The van der Waals surface area contributed by atoms with Crippen molar-refractivity contribution in [2.45, 2.75) is 51.4 Å². The van der Waals surface area contributed by atoms with Gasteiger partial charge in [-0.05, 0) is 44.1 Å². The van der Waals surface area contributed by atoms with Crippen LogP contribution in [0.2, 0.25) is 0 Å². The highest BCUT2D eigenvalue weighted by molar-refractivity contribution is 5.48. The molecule has 0 N–H and O–H groups in total. The first-order valence-corrected chi connectivity index (χ1v) is 7.34. The molecule has 1 aliphatic carbocycles. The number of hydrogen-bond acceptors (Lipinski definition) is 0. The molecule has 0 radical (unpaired) electrons. The molecule has 0 aromatic heterocycles. The molecule has 0 atom stereocenters. The van der Waals surface area contributed by atoms with Crippen LogP contribution in [-0.4, -0.2) is 0 Å². The number of benzene rings is 1. The van der Waals surface area contributed by atoms with Crippen molar-refractivity contribution in [1.82, 2.24) is 0 Å². The molecule has 1 fully saturated rings. The third-order valence-electron chi connectivity index (χ3n) is 3.41. The Hall–Kier alpha value is -1.30. The van der Waals surface area contributed by atoms with Gasteiger partial charge in [0.25, 0.3) is 0 Å². The Morgan fingerprint density at radius 1 is 0.833 bits per heavy atom. The van der Waals surface area contributed by atoms with E-state index in [2.05, 4.69) is 48.6 Å². The van der Waals surface area contributed by atoms with Crippen molar-refractivity contribution >= 4 is 6.08 Å². The van der Waals surface area contributed by atoms with Crippen LogP contribution in [0.5, 0.6) is 0 Å². The quantitative estimate of drug-likeness (QED) is 0.400. The van der Waals surface area contributed by atoms with Gasteiger partial charge in [0, 0.05) is 0 Å². The molecular weight excluding hydrogens is 216 g/mol. The maximum absolute atomic E-state index is 2.45. The zero-order valence-electron chi connectivity index (χ0n) is 11.3. The lowest BCUT2D eigenvalue weighted by molar-refractivity contribution is 0.652. The minimum absolute atomic E-state index is 1.22. The van der Waals surface area contributed by atoms with Crippen LogP contribution in [0.4, 0.5) is 0 Å². The summed E-state index contributed by atoms with van der Waals surface area (Å²) in [6.07, 6.45) is 17.8. The standard InChI is InChI=1S/C18H24/c1(3-5-8-14-18-15-16-18)2-4-7-11-17-12-9-6-10-13-17/h6-7,9-14H,1-5,8,15-16H2. The number of rotatable bonds is 8. The highest BCUT2D eigenvalue weighted by Crippen LogP contribution is 2.28. The summed E-state index contributed by atoms with van der Waals surface area (Å²) in [6.45, 7) is 0. The van der Waals surface area contributed by atoms with Crippen LogP contribution in [0.15, 0.2) is 48.1 Å². The second kappa shape index (κ2) is 7.92. The van der Waals surface area contributed by atoms with Crippen LogP contribution in [-0.2, 0) is 0 Å². The number of allylic oxidation sites excluding steroid dienone is 3. The minimum Gasteiger partial charge on any atom is -0.0853 e. The Morgan fingerprint density at radius 2 is 1.56 bits per heavy atom. The Morgan fingerprint density at radius 3 is 2.28 bits per heavy atom. The summed E-state index contributed by atoms with van der Waals surface area (Å²) in [6, 6.07) is 10.6. The Kier molecular flexibility index (Phi) is 5.78. The molecule has 2 rings (SSSR count). The zero-order valence-corrected chi connectivity index (χ0v) is 11.3. The fourth-order valence-electron chi connectivity index (χ4n) is 2.13. The van der Waals surface area contributed by atoms with E-state index in [-0.39, 0.29) is 0 Å². The Bertz CT molecular complexity index is 378. The average molecular weight is 240 g/mol. The van der Waals surface area contributed by atoms with Gasteiger partial charge in [0.15, 0.2) is 0 Å². The molecule has 96 valence electrons. The Balaban J connectivity index is 1.45. The van der Waals surface area contributed by atoms with E-state index in [1.165, 1.54) is 56.9 Å². The van der Waals surface area contributed by atoms with Gasteiger partial charge >= 0.3 is 0 Å². The largest absolute Gasteiger partial charge is 0.0853 e. The van der Waals surface area contributed by atoms with E-state index in [0.29, 0.717) is 0 Å². The van der Waals surface area contributed by atoms with Gasteiger partial charge in [-0.1, -0.05) is 67.0 Å². The summed E-state index contributed by atoms with van der Waals surface area (Å²) in [7, 11) is 0. The third-order valence-corrected chi connectivity index (χ3v) is 3.41. The van der Waals surface area contributed by atoms with Crippen molar-refractivity contribution in [3.63, 3.8) is 0 Å². The summed E-state index contributed by atoms with van der Waals surface area (Å²) in [5, 5.41) is 0.